The Morgan fingerprint density at radius 3 is 2.80 bits per heavy atom. The normalized spacial score (nSPS) is 10.3. The van der Waals surface area contributed by atoms with Gasteiger partial charge in [0.1, 0.15) is 5.76 Å². The number of aryl methyl sites for hydroxylation is 1. The number of benzene rings is 1. The second-order valence-corrected chi connectivity index (χ2v) is 4.49. The third-order valence-corrected chi connectivity index (χ3v) is 2.69. The second kappa shape index (κ2) is 4.70. The molecule has 2 rings (SSSR count). The maximum atomic E-state index is 5.46. The molecule has 0 aliphatic carbocycles. The van der Waals surface area contributed by atoms with Crippen molar-refractivity contribution in [1.82, 2.24) is 0 Å². The van der Waals surface area contributed by atoms with E-state index in [4.69, 9.17) is 4.42 Å². The van der Waals surface area contributed by atoms with E-state index in [9.17, 15) is 0 Å². The predicted octanol–water partition coefficient (Wildman–Crippen LogP) is 3.80. The van der Waals surface area contributed by atoms with Gasteiger partial charge in [0.2, 0.25) is 0 Å². The van der Waals surface area contributed by atoms with E-state index >= 15 is 0 Å². The molecule has 78 valence electrons. The molecule has 0 bridgehead atoms. The average molecular weight is 313 g/mol. The summed E-state index contributed by atoms with van der Waals surface area (Å²) < 4.78 is 6.38. The molecular weight excluding hydrogens is 301 g/mol. The summed E-state index contributed by atoms with van der Waals surface area (Å²) in [5.41, 5.74) is 2.38. The van der Waals surface area contributed by atoms with Crippen molar-refractivity contribution in [2.45, 2.75) is 13.5 Å². The Bertz CT molecular complexity index is 450. The summed E-state index contributed by atoms with van der Waals surface area (Å²) >= 11 is 2.17. The summed E-state index contributed by atoms with van der Waals surface area (Å²) in [5.74, 6) is 0.959. The lowest BCUT2D eigenvalue weighted by Crippen LogP contribution is -1.97. The summed E-state index contributed by atoms with van der Waals surface area (Å²) in [6, 6.07) is 12.3. The van der Waals surface area contributed by atoms with Crippen molar-refractivity contribution in [3.05, 3.63) is 51.5 Å². The molecule has 0 aliphatic heterocycles. The van der Waals surface area contributed by atoms with Gasteiger partial charge in [0.15, 0.2) is 3.77 Å². The highest BCUT2D eigenvalue weighted by Gasteiger charge is 1.98. The fourth-order valence-electron chi connectivity index (χ4n) is 1.39. The van der Waals surface area contributed by atoms with Crippen molar-refractivity contribution in [2.75, 3.05) is 5.32 Å². The van der Waals surface area contributed by atoms with Crippen molar-refractivity contribution in [2.24, 2.45) is 0 Å². The van der Waals surface area contributed by atoms with Crippen LogP contribution in [-0.4, -0.2) is 0 Å². The number of anilines is 1. The van der Waals surface area contributed by atoms with E-state index in [0.717, 1.165) is 21.8 Å². The van der Waals surface area contributed by atoms with E-state index in [1.807, 2.05) is 18.2 Å². The quantitative estimate of drug-likeness (QED) is 0.872. The molecule has 0 aliphatic rings. The molecule has 1 heterocycles. The molecule has 3 heteroatoms. The molecule has 0 amide bonds. The Hall–Kier alpha value is -0.970. The van der Waals surface area contributed by atoms with Gasteiger partial charge in [-0.3, -0.25) is 0 Å². The Balaban J connectivity index is 1.99. The number of hydrogen-bond donors (Lipinski definition) is 1. The van der Waals surface area contributed by atoms with Crippen molar-refractivity contribution in [3.63, 3.8) is 0 Å². The molecule has 1 aromatic carbocycles. The highest BCUT2D eigenvalue weighted by atomic mass is 127. The van der Waals surface area contributed by atoms with E-state index in [1.54, 1.807) is 0 Å². The Kier molecular flexibility index (Phi) is 3.30. The largest absolute Gasteiger partial charge is 0.454 e. The van der Waals surface area contributed by atoms with Crippen LogP contribution in [0, 0.1) is 10.7 Å². The summed E-state index contributed by atoms with van der Waals surface area (Å²) in [6.07, 6.45) is 0. The monoisotopic (exact) mass is 313 g/mol. The Morgan fingerprint density at radius 1 is 1.27 bits per heavy atom. The van der Waals surface area contributed by atoms with Gasteiger partial charge in [0, 0.05) is 5.69 Å². The highest BCUT2D eigenvalue weighted by molar-refractivity contribution is 14.1. The van der Waals surface area contributed by atoms with Crippen LogP contribution < -0.4 is 5.32 Å². The molecule has 15 heavy (non-hydrogen) atoms. The number of hydrogen-bond acceptors (Lipinski definition) is 2. The summed E-state index contributed by atoms with van der Waals surface area (Å²) in [4.78, 5) is 0. The molecule has 2 aromatic rings. The van der Waals surface area contributed by atoms with Crippen LogP contribution in [0.3, 0.4) is 0 Å². The van der Waals surface area contributed by atoms with E-state index in [0.29, 0.717) is 0 Å². The van der Waals surface area contributed by atoms with E-state index in [-0.39, 0.29) is 0 Å². The van der Waals surface area contributed by atoms with Crippen molar-refractivity contribution in [1.29, 1.82) is 0 Å². The lowest BCUT2D eigenvalue weighted by atomic mass is 10.2. The molecule has 0 saturated heterocycles. The number of furan rings is 1. The van der Waals surface area contributed by atoms with Crippen molar-refractivity contribution >= 4 is 28.3 Å². The van der Waals surface area contributed by atoms with Gasteiger partial charge in [-0.05, 0) is 59.3 Å². The maximum Gasteiger partial charge on any atom is 0.164 e. The summed E-state index contributed by atoms with van der Waals surface area (Å²) in [6.45, 7) is 2.81. The maximum absolute atomic E-state index is 5.46. The van der Waals surface area contributed by atoms with Gasteiger partial charge in [-0.2, -0.15) is 0 Å². The van der Waals surface area contributed by atoms with E-state index in [2.05, 4.69) is 53.0 Å². The topological polar surface area (TPSA) is 25.2 Å². The minimum absolute atomic E-state index is 0.729. The third-order valence-electron chi connectivity index (χ3n) is 2.11. The molecule has 0 unspecified atom stereocenters. The molecule has 0 spiro atoms. The molecule has 0 saturated carbocycles. The number of nitrogens with one attached hydrogen (secondary N) is 1. The van der Waals surface area contributed by atoms with Crippen LogP contribution in [0.2, 0.25) is 0 Å². The smallest absolute Gasteiger partial charge is 0.164 e. The van der Waals surface area contributed by atoms with Gasteiger partial charge >= 0.3 is 0 Å². The zero-order valence-electron chi connectivity index (χ0n) is 8.46. The third kappa shape index (κ3) is 2.99. The lowest BCUT2D eigenvalue weighted by Gasteiger charge is -2.04. The van der Waals surface area contributed by atoms with Gasteiger partial charge in [-0.25, -0.2) is 0 Å². The van der Waals surface area contributed by atoms with Crippen molar-refractivity contribution < 1.29 is 4.42 Å². The first-order valence-electron chi connectivity index (χ1n) is 4.79. The predicted molar refractivity (Wildman–Crippen MR) is 69.9 cm³/mol. The fraction of sp³-hybridized carbons (Fsp3) is 0.167. The fourth-order valence-corrected chi connectivity index (χ4v) is 1.85. The first kappa shape index (κ1) is 10.5. The van der Waals surface area contributed by atoms with Gasteiger partial charge in [-0.15, -0.1) is 0 Å². The van der Waals surface area contributed by atoms with Gasteiger partial charge in [0.25, 0.3) is 0 Å². The summed E-state index contributed by atoms with van der Waals surface area (Å²) in [5, 5.41) is 3.32. The molecule has 1 aromatic heterocycles. The van der Waals surface area contributed by atoms with Gasteiger partial charge in [-0.1, -0.05) is 12.1 Å². The number of rotatable bonds is 3. The Labute approximate surface area is 103 Å². The van der Waals surface area contributed by atoms with Crippen LogP contribution in [0.25, 0.3) is 0 Å². The standard InChI is InChI=1S/C12H12INO/c1-9-3-2-4-10(7-9)14-8-11-5-6-12(13)15-11/h2-7,14H,8H2,1H3. The lowest BCUT2D eigenvalue weighted by molar-refractivity contribution is 0.493. The zero-order chi connectivity index (χ0) is 10.7. The van der Waals surface area contributed by atoms with Crippen LogP contribution >= 0.6 is 22.6 Å². The van der Waals surface area contributed by atoms with Crippen LogP contribution in [0.1, 0.15) is 11.3 Å². The average Bonchev–Trinajstić information content (AvgIpc) is 2.62. The van der Waals surface area contributed by atoms with Gasteiger partial charge in [0.05, 0.1) is 6.54 Å². The molecule has 0 fully saturated rings. The van der Waals surface area contributed by atoms with Gasteiger partial charge < -0.3 is 9.73 Å². The SMILES string of the molecule is Cc1cccc(NCc2ccc(I)o2)c1. The van der Waals surface area contributed by atoms with Crippen LogP contribution in [0.5, 0.6) is 0 Å². The van der Waals surface area contributed by atoms with Crippen LogP contribution in [0.4, 0.5) is 5.69 Å². The molecule has 0 atom stereocenters. The molecule has 1 N–H and O–H groups in total. The Morgan fingerprint density at radius 2 is 2.13 bits per heavy atom. The second-order valence-electron chi connectivity index (χ2n) is 3.43. The molecule has 0 radical (unpaired) electrons. The zero-order valence-corrected chi connectivity index (χ0v) is 10.6. The van der Waals surface area contributed by atoms with E-state index < -0.39 is 0 Å². The van der Waals surface area contributed by atoms with E-state index in [1.165, 1.54) is 5.56 Å². The highest BCUT2D eigenvalue weighted by Crippen LogP contribution is 2.14. The van der Waals surface area contributed by atoms with Crippen molar-refractivity contribution in [3.8, 4) is 0 Å². The van der Waals surface area contributed by atoms with Crippen LogP contribution in [-0.2, 0) is 6.54 Å². The van der Waals surface area contributed by atoms with Crippen LogP contribution in [0.15, 0.2) is 40.8 Å². The first-order chi connectivity index (χ1) is 7.24. The summed E-state index contributed by atoms with van der Waals surface area (Å²) in [7, 11) is 0. The number of halogens is 1. The molecular formula is C12H12INO. The first-order valence-corrected chi connectivity index (χ1v) is 5.87. The molecule has 2 nitrogen and oxygen atoms in total. The minimum atomic E-state index is 0.729. The minimum Gasteiger partial charge on any atom is -0.454 e.